The molecule has 20 heavy (non-hydrogen) atoms. The van der Waals surface area contributed by atoms with Crippen LogP contribution in [0.5, 0.6) is 0 Å². The van der Waals surface area contributed by atoms with E-state index in [9.17, 15) is 4.39 Å². The van der Waals surface area contributed by atoms with Crippen molar-refractivity contribution in [3.8, 4) is 0 Å². The summed E-state index contributed by atoms with van der Waals surface area (Å²) in [4.78, 5) is 2.41. The van der Waals surface area contributed by atoms with Crippen molar-refractivity contribution in [2.75, 3.05) is 26.2 Å². The van der Waals surface area contributed by atoms with Crippen molar-refractivity contribution in [3.63, 3.8) is 0 Å². The number of halogens is 3. The molecule has 0 amide bonds. The summed E-state index contributed by atoms with van der Waals surface area (Å²) in [5.41, 5.74) is 0.832. The van der Waals surface area contributed by atoms with Crippen LogP contribution in [0, 0.1) is 11.7 Å². The molecule has 1 heterocycles. The van der Waals surface area contributed by atoms with Gasteiger partial charge in [0, 0.05) is 42.3 Å². The molecule has 114 valence electrons. The molecule has 1 atom stereocenters. The monoisotopic (exact) mass is 364 g/mol. The Hall–Kier alpha value is -0.160. The highest BCUT2D eigenvalue weighted by Crippen LogP contribution is 2.31. The van der Waals surface area contributed by atoms with Crippen LogP contribution < -0.4 is 5.32 Å². The molecule has 0 unspecified atom stereocenters. The largest absolute Gasteiger partial charge is 0.314 e. The van der Waals surface area contributed by atoms with Crippen LogP contribution >= 0.6 is 28.3 Å². The molecule has 5 heteroatoms. The predicted octanol–water partition coefficient (Wildman–Crippen LogP) is 4.00. The molecule has 1 fully saturated rings. The maximum Gasteiger partial charge on any atom is 0.129 e. The van der Waals surface area contributed by atoms with E-state index in [4.69, 9.17) is 0 Å². The van der Waals surface area contributed by atoms with Crippen LogP contribution in [0.3, 0.4) is 0 Å². The van der Waals surface area contributed by atoms with Crippen molar-refractivity contribution < 1.29 is 4.39 Å². The van der Waals surface area contributed by atoms with Gasteiger partial charge in [0.2, 0.25) is 0 Å². The van der Waals surface area contributed by atoms with E-state index in [0.29, 0.717) is 5.92 Å². The number of nitrogens with one attached hydrogen (secondary N) is 1. The van der Waals surface area contributed by atoms with Crippen LogP contribution in [0.15, 0.2) is 22.7 Å². The third-order valence-electron chi connectivity index (χ3n) is 3.61. The fourth-order valence-corrected chi connectivity index (χ4v) is 3.02. The Morgan fingerprint density at radius 1 is 1.30 bits per heavy atom. The lowest BCUT2D eigenvalue weighted by molar-refractivity contribution is 0.151. The van der Waals surface area contributed by atoms with E-state index in [-0.39, 0.29) is 24.3 Å². The first-order chi connectivity index (χ1) is 9.08. The molecule has 1 aromatic rings. The molecule has 0 spiro atoms. The minimum absolute atomic E-state index is 0. The Morgan fingerprint density at radius 3 is 2.50 bits per heavy atom. The van der Waals surface area contributed by atoms with E-state index in [2.05, 4.69) is 40.0 Å². The van der Waals surface area contributed by atoms with Crippen LogP contribution in [0.4, 0.5) is 4.39 Å². The summed E-state index contributed by atoms with van der Waals surface area (Å²) in [6.45, 7) is 8.37. The lowest BCUT2D eigenvalue weighted by atomic mass is 9.94. The molecule has 1 aromatic carbocycles. The van der Waals surface area contributed by atoms with E-state index in [0.717, 1.165) is 42.6 Å². The average Bonchev–Trinajstić information content (AvgIpc) is 2.37. The molecule has 0 aliphatic carbocycles. The summed E-state index contributed by atoms with van der Waals surface area (Å²) in [7, 11) is 0. The highest BCUT2D eigenvalue weighted by atomic mass is 79.9. The molecule has 1 aliphatic rings. The van der Waals surface area contributed by atoms with E-state index in [1.54, 1.807) is 6.07 Å². The van der Waals surface area contributed by atoms with Gasteiger partial charge in [0.25, 0.3) is 0 Å². The molecule has 2 rings (SSSR count). The Kier molecular flexibility index (Phi) is 7.45. The number of piperazine rings is 1. The Morgan fingerprint density at radius 2 is 1.95 bits per heavy atom. The van der Waals surface area contributed by atoms with Gasteiger partial charge in [-0.3, -0.25) is 4.90 Å². The smallest absolute Gasteiger partial charge is 0.129 e. The SMILES string of the molecule is CC(C)C[C@H](c1ccc(Br)cc1F)N1CCNCC1.Cl. The molecular weight excluding hydrogens is 343 g/mol. The van der Waals surface area contributed by atoms with E-state index in [1.807, 2.05) is 12.1 Å². The fraction of sp³-hybridized carbons (Fsp3) is 0.600. The Labute approximate surface area is 135 Å². The Bertz CT molecular complexity index is 422. The quantitative estimate of drug-likeness (QED) is 0.867. The van der Waals surface area contributed by atoms with Gasteiger partial charge in [-0.1, -0.05) is 35.8 Å². The summed E-state index contributed by atoms with van der Waals surface area (Å²) in [5.74, 6) is 0.460. The summed E-state index contributed by atoms with van der Waals surface area (Å²) in [5, 5.41) is 3.36. The number of benzene rings is 1. The van der Waals surface area contributed by atoms with Crippen LogP contribution in [0.25, 0.3) is 0 Å². The van der Waals surface area contributed by atoms with Gasteiger partial charge in [-0.25, -0.2) is 4.39 Å². The summed E-state index contributed by atoms with van der Waals surface area (Å²) < 4.78 is 15.0. The van der Waals surface area contributed by atoms with Gasteiger partial charge < -0.3 is 5.32 Å². The fourth-order valence-electron chi connectivity index (χ4n) is 2.68. The molecule has 1 aliphatic heterocycles. The number of hydrogen-bond donors (Lipinski definition) is 1. The molecule has 1 N–H and O–H groups in total. The summed E-state index contributed by atoms with van der Waals surface area (Å²) >= 11 is 3.33. The van der Waals surface area contributed by atoms with Gasteiger partial charge in [0.15, 0.2) is 0 Å². The highest BCUT2D eigenvalue weighted by molar-refractivity contribution is 9.10. The minimum atomic E-state index is -0.0986. The third kappa shape index (κ3) is 4.69. The van der Waals surface area contributed by atoms with Crippen LogP contribution in [-0.2, 0) is 0 Å². The Balaban J connectivity index is 0.00000200. The van der Waals surface area contributed by atoms with Crippen molar-refractivity contribution in [2.45, 2.75) is 26.3 Å². The van der Waals surface area contributed by atoms with Gasteiger partial charge in [-0.05, 0) is 24.5 Å². The molecule has 0 aromatic heterocycles. The molecule has 2 nitrogen and oxygen atoms in total. The molecular formula is C15H23BrClFN2. The maximum absolute atomic E-state index is 14.2. The minimum Gasteiger partial charge on any atom is -0.314 e. The lowest BCUT2D eigenvalue weighted by Crippen LogP contribution is -2.45. The van der Waals surface area contributed by atoms with Crippen molar-refractivity contribution >= 4 is 28.3 Å². The summed E-state index contributed by atoms with van der Waals surface area (Å²) in [6.07, 6.45) is 0.999. The van der Waals surface area contributed by atoms with E-state index in [1.165, 1.54) is 0 Å². The standard InChI is InChI=1S/C15H22BrFN2.ClH/c1-11(2)9-15(19-7-5-18-6-8-19)13-4-3-12(16)10-14(13)17;/h3-4,10-11,15,18H,5-9H2,1-2H3;1H/t15-;/m1./s1. The van der Waals surface area contributed by atoms with Gasteiger partial charge in [-0.2, -0.15) is 0 Å². The number of hydrogen-bond acceptors (Lipinski definition) is 2. The van der Waals surface area contributed by atoms with Crippen LogP contribution in [0.1, 0.15) is 31.9 Å². The number of rotatable bonds is 4. The van der Waals surface area contributed by atoms with E-state index < -0.39 is 0 Å². The number of nitrogens with zero attached hydrogens (tertiary/aromatic N) is 1. The molecule has 0 saturated carbocycles. The van der Waals surface area contributed by atoms with Crippen molar-refractivity contribution in [1.29, 1.82) is 0 Å². The van der Waals surface area contributed by atoms with Crippen molar-refractivity contribution in [1.82, 2.24) is 10.2 Å². The lowest BCUT2D eigenvalue weighted by Gasteiger charge is -2.36. The molecule has 0 bridgehead atoms. The topological polar surface area (TPSA) is 15.3 Å². The van der Waals surface area contributed by atoms with Crippen LogP contribution in [-0.4, -0.2) is 31.1 Å². The average molecular weight is 366 g/mol. The van der Waals surface area contributed by atoms with E-state index >= 15 is 0 Å². The van der Waals surface area contributed by atoms with Gasteiger partial charge >= 0.3 is 0 Å². The summed E-state index contributed by atoms with van der Waals surface area (Å²) in [6, 6.07) is 5.63. The van der Waals surface area contributed by atoms with Crippen molar-refractivity contribution in [3.05, 3.63) is 34.1 Å². The van der Waals surface area contributed by atoms with Crippen LogP contribution in [0.2, 0.25) is 0 Å². The maximum atomic E-state index is 14.2. The highest BCUT2D eigenvalue weighted by Gasteiger charge is 2.25. The van der Waals surface area contributed by atoms with Gasteiger partial charge in [-0.15, -0.1) is 12.4 Å². The first kappa shape index (κ1) is 17.9. The predicted molar refractivity (Wildman–Crippen MR) is 88.0 cm³/mol. The third-order valence-corrected chi connectivity index (χ3v) is 4.10. The zero-order valence-corrected chi connectivity index (χ0v) is 14.4. The first-order valence-corrected chi connectivity index (χ1v) is 7.77. The first-order valence-electron chi connectivity index (χ1n) is 6.97. The van der Waals surface area contributed by atoms with Gasteiger partial charge in [0.1, 0.15) is 5.82 Å². The molecule has 1 saturated heterocycles. The van der Waals surface area contributed by atoms with Gasteiger partial charge in [0.05, 0.1) is 0 Å². The second-order valence-corrected chi connectivity index (χ2v) is 6.51. The normalized spacial score (nSPS) is 17.9. The zero-order valence-electron chi connectivity index (χ0n) is 12.0. The van der Waals surface area contributed by atoms with Crippen molar-refractivity contribution in [2.24, 2.45) is 5.92 Å². The molecule has 0 radical (unpaired) electrons. The second-order valence-electron chi connectivity index (χ2n) is 5.60. The zero-order chi connectivity index (χ0) is 13.8. The second kappa shape index (κ2) is 8.32.